The van der Waals surface area contributed by atoms with E-state index in [2.05, 4.69) is 15.6 Å². The summed E-state index contributed by atoms with van der Waals surface area (Å²) in [4.78, 5) is 16.5. The van der Waals surface area contributed by atoms with Crippen molar-refractivity contribution in [3.63, 3.8) is 0 Å². The van der Waals surface area contributed by atoms with Crippen molar-refractivity contribution >= 4 is 43.9 Å². The van der Waals surface area contributed by atoms with Gasteiger partial charge in [-0.2, -0.15) is 0 Å². The zero-order chi connectivity index (χ0) is 14.7. The number of fused-ring (bicyclic) bond motifs is 1. The first-order chi connectivity index (χ1) is 10.2. The van der Waals surface area contributed by atoms with Gasteiger partial charge in [0, 0.05) is 21.2 Å². The second kappa shape index (κ2) is 6.21. The van der Waals surface area contributed by atoms with Crippen molar-refractivity contribution in [3.8, 4) is 0 Å². The largest absolute Gasteiger partial charge is 0.386 e. The number of carbonyl (C=O) groups excluding carboxylic acids is 1. The molecule has 0 aliphatic rings. The summed E-state index contributed by atoms with van der Waals surface area (Å²) in [5, 5.41) is 18.8. The maximum atomic E-state index is 11.7. The van der Waals surface area contributed by atoms with E-state index in [1.54, 1.807) is 11.6 Å². The Kier molecular flexibility index (Phi) is 4.14. The van der Waals surface area contributed by atoms with Gasteiger partial charge in [-0.3, -0.25) is 5.32 Å². The van der Waals surface area contributed by atoms with Gasteiger partial charge in [0.25, 0.3) is 0 Å². The van der Waals surface area contributed by atoms with Crippen LogP contribution in [0.1, 0.15) is 11.0 Å². The maximum Gasteiger partial charge on any atom is 0.321 e. The molecule has 0 aliphatic carbocycles. The van der Waals surface area contributed by atoms with Gasteiger partial charge in [0.2, 0.25) is 0 Å². The fourth-order valence-electron chi connectivity index (χ4n) is 1.88. The van der Waals surface area contributed by atoms with E-state index in [1.807, 2.05) is 30.3 Å². The number of aromatic nitrogens is 1. The molecule has 5 nitrogen and oxygen atoms in total. The van der Waals surface area contributed by atoms with E-state index >= 15 is 0 Å². The third-order valence-corrected chi connectivity index (χ3v) is 4.79. The summed E-state index contributed by atoms with van der Waals surface area (Å²) in [5.41, 5.74) is 0. The van der Waals surface area contributed by atoms with Crippen LogP contribution >= 0.6 is 22.7 Å². The van der Waals surface area contributed by atoms with Gasteiger partial charge in [-0.1, -0.05) is 18.2 Å². The van der Waals surface area contributed by atoms with E-state index < -0.39 is 6.10 Å². The summed E-state index contributed by atoms with van der Waals surface area (Å²) in [7, 11) is 0. The molecule has 2 aromatic heterocycles. The van der Waals surface area contributed by atoms with Crippen LogP contribution in [0.15, 0.2) is 41.9 Å². The van der Waals surface area contributed by atoms with Crippen LogP contribution in [0.3, 0.4) is 0 Å². The minimum atomic E-state index is -0.718. The first-order valence-electron chi connectivity index (χ1n) is 6.33. The van der Waals surface area contributed by atoms with E-state index in [4.69, 9.17) is 0 Å². The molecule has 0 saturated heterocycles. The normalized spacial score (nSPS) is 12.2. The number of aliphatic hydroxyl groups is 1. The van der Waals surface area contributed by atoms with Crippen molar-refractivity contribution in [1.29, 1.82) is 0 Å². The van der Waals surface area contributed by atoms with Crippen molar-refractivity contribution < 1.29 is 9.90 Å². The van der Waals surface area contributed by atoms with Gasteiger partial charge in [0.15, 0.2) is 5.13 Å². The lowest BCUT2D eigenvalue weighted by molar-refractivity contribution is 0.178. The van der Waals surface area contributed by atoms with Gasteiger partial charge in [0.1, 0.15) is 6.10 Å². The number of rotatable bonds is 4. The fourth-order valence-corrected chi connectivity index (χ4v) is 3.46. The predicted molar refractivity (Wildman–Crippen MR) is 85.9 cm³/mol. The third-order valence-electron chi connectivity index (χ3n) is 2.88. The number of hydrogen-bond acceptors (Lipinski definition) is 5. The number of carbonyl (C=O) groups is 1. The van der Waals surface area contributed by atoms with Crippen molar-refractivity contribution in [2.45, 2.75) is 6.10 Å². The fraction of sp³-hybridized carbons (Fsp3) is 0.143. The molecule has 3 aromatic rings. The summed E-state index contributed by atoms with van der Waals surface area (Å²) in [6.07, 6.45) is 0.899. The van der Waals surface area contributed by atoms with Gasteiger partial charge in [-0.05, 0) is 17.5 Å². The summed E-state index contributed by atoms with van der Waals surface area (Å²) in [5.74, 6) is 0. The zero-order valence-electron chi connectivity index (χ0n) is 10.9. The molecule has 0 fully saturated rings. The molecule has 1 aromatic carbocycles. The van der Waals surface area contributed by atoms with E-state index in [0.29, 0.717) is 5.13 Å². The van der Waals surface area contributed by atoms with Crippen molar-refractivity contribution in [2.75, 3.05) is 11.9 Å². The summed E-state index contributed by atoms with van der Waals surface area (Å²) >= 11 is 2.87. The Morgan fingerprint density at radius 1 is 1.38 bits per heavy atom. The Labute approximate surface area is 129 Å². The predicted octanol–water partition coefficient (Wildman–Crippen LogP) is 3.21. The lowest BCUT2D eigenvalue weighted by Gasteiger charge is -2.10. The lowest BCUT2D eigenvalue weighted by Crippen LogP contribution is -2.32. The molecule has 0 spiro atoms. The van der Waals surface area contributed by atoms with Gasteiger partial charge in [-0.25, -0.2) is 9.78 Å². The molecule has 3 N–H and O–H groups in total. The molecule has 0 aliphatic heterocycles. The van der Waals surface area contributed by atoms with Gasteiger partial charge < -0.3 is 10.4 Å². The Bertz CT molecular complexity index is 707. The van der Waals surface area contributed by atoms with E-state index in [9.17, 15) is 9.90 Å². The maximum absolute atomic E-state index is 11.7. The SMILES string of the molecule is O=C(NCC(O)c1cc2ccccc2s1)Nc1nccs1. The van der Waals surface area contributed by atoms with Gasteiger partial charge in [0.05, 0.1) is 6.54 Å². The smallest absolute Gasteiger partial charge is 0.321 e. The summed E-state index contributed by atoms with van der Waals surface area (Å²) in [6.45, 7) is 0.157. The monoisotopic (exact) mass is 319 g/mol. The molecule has 0 radical (unpaired) electrons. The van der Waals surface area contributed by atoms with Crippen LogP contribution in [0.4, 0.5) is 9.93 Å². The minimum Gasteiger partial charge on any atom is -0.386 e. The topological polar surface area (TPSA) is 74.2 Å². The van der Waals surface area contributed by atoms with Crippen molar-refractivity contribution in [3.05, 3.63) is 46.8 Å². The molecule has 21 heavy (non-hydrogen) atoms. The van der Waals surface area contributed by atoms with Crippen molar-refractivity contribution in [2.24, 2.45) is 0 Å². The van der Waals surface area contributed by atoms with Crippen LogP contribution in [0.2, 0.25) is 0 Å². The van der Waals surface area contributed by atoms with Crippen molar-refractivity contribution in [1.82, 2.24) is 10.3 Å². The highest BCUT2D eigenvalue weighted by Gasteiger charge is 2.13. The van der Waals surface area contributed by atoms with E-state index in [0.717, 1.165) is 15.0 Å². The Hall–Kier alpha value is -1.96. The van der Waals surface area contributed by atoms with Crippen LogP contribution < -0.4 is 10.6 Å². The number of urea groups is 1. The molecule has 7 heteroatoms. The second-order valence-corrected chi connectivity index (χ2v) is 6.38. The van der Waals surface area contributed by atoms with Crippen LogP contribution in [-0.4, -0.2) is 22.7 Å². The molecule has 2 amide bonds. The molecule has 3 rings (SSSR count). The highest BCUT2D eigenvalue weighted by molar-refractivity contribution is 7.19. The number of aliphatic hydroxyl groups excluding tert-OH is 1. The van der Waals surface area contributed by atoms with E-state index in [1.165, 1.54) is 22.7 Å². The molecular formula is C14H13N3O2S2. The minimum absolute atomic E-state index is 0.157. The standard InChI is InChI=1S/C14H13N3O2S2/c18-10(8-16-13(19)17-14-15-5-6-20-14)12-7-9-3-1-2-4-11(9)21-12/h1-7,10,18H,8H2,(H2,15,16,17,19). The molecular weight excluding hydrogens is 306 g/mol. The Morgan fingerprint density at radius 3 is 3.00 bits per heavy atom. The van der Waals surface area contributed by atoms with Crippen LogP contribution in [0.25, 0.3) is 10.1 Å². The second-order valence-electron chi connectivity index (χ2n) is 4.37. The molecule has 0 saturated carbocycles. The average Bonchev–Trinajstić information content (AvgIpc) is 3.13. The first-order valence-corrected chi connectivity index (χ1v) is 8.03. The lowest BCUT2D eigenvalue weighted by atomic mass is 10.2. The average molecular weight is 319 g/mol. The number of amides is 2. The van der Waals surface area contributed by atoms with Crippen LogP contribution in [-0.2, 0) is 0 Å². The number of nitrogens with one attached hydrogen (secondary N) is 2. The number of thiophene rings is 1. The third kappa shape index (κ3) is 3.38. The summed E-state index contributed by atoms with van der Waals surface area (Å²) < 4.78 is 1.12. The van der Waals surface area contributed by atoms with Gasteiger partial charge in [-0.15, -0.1) is 22.7 Å². The quantitative estimate of drug-likeness (QED) is 0.691. The molecule has 0 bridgehead atoms. The van der Waals surface area contributed by atoms with Crippen LogP contribution in [0, 0.1) is 0 Å². The Morgan fingerprint density at radius 2 is 2.24 bits per heavy atom. The number of nitrogens with zero attached hydrogens (tertiary/aromatic N) is 1. The number of anilines is 1. The van der Waals surface area contributed by atoms with E-state index in [-0.39, 0.29) is 12.6 Å². The van der Waals surface area contributed by atoms with Gasteiger partial charge >= 0.3 is 6.03 Å². The molecule has 2 heterocycles. The first kappa shape index (κ1) is 14.0. The molecule has 1 atom stereocenters. The summed E-state index contributed by atoms with van der Waals surface area (Å²) in [6, 6.07) is 9.53. The highest BCUT2D eigenvalue weighted by atomic mass is 32.1. The molecule has 108 valence electrons. The Balaban J connectivity index is 1.58. The zero-order valence-corrected chi connectivity index (χ0v) is 12.6. The van der Waals surface area contributed by atoms with Crippen LogP contribution in [0.5, 0.6) is 0 Å². The highest BCUT2D eigenvalue weighted by Crippen LogP contribution is 2.29. The number of benzene rings is 1. The number of thiazole rings is 1. The number of hydrogen-bond donors (Lipinski definition) is 3. The molecule has 1 unspecified atom stereocenters.